The van der Waals surface area contributed by atoms with Crippen molar-refractivity contribution in [2.75, 3.05) is 19.8 Å². The second kappa shape index (κ2) is 21.4. The standard InChI is InChI=1S/C31H20F38O9S/c1-14(32,33)18(40,41)22(48,49)23(50,51)19(42,43)17(38,39)4-7-78-13(72)11(79(73,74)75)9(12(71)77-6-3-16(36,37)21(46,47)25(54,55)27(58,59)29(62,63)31(67,68)69)8-10(70)76-5-2-15(34,35)20(44,45)24(52,53)26(56,57)28(60,61)30(64,65)66/h9,11H,2-8H2,1H3,(H,73,74,75). The molecule has 0 aromatic carbocycles. The maximum atomic E-state index is 14.3. The fraction of sp³-hybridized carbons (Fsp3) is 0.903. The van der Waals surface area contributed by atoms with E-state index in [0.29, 0.717) is 0 Å². The molecular formula is C31H20F38O9S. The van der Waals surface area contributed by atoms with E-state index in [1.54, 1.807) is 0 Å². The van der Waals surface area contributed by atoms with Crippen molar-refractivity contribution in [2.24, 2.45) is 5.92 Å². The van der Waals surface area contributed by atoms with Crippen molar-refractivity contribution < 1.29 is 208 Å². The molecule has 2 atom stereocenters. The van der Waals surface area contributed by atoms with Crippen LogP contribution in [0.3, 0.4) is 0 Å². The van der Waals surface area contributed by atoms with Gasteiger partial charge in [-0.25, -0.2) is 0 Å². The van der Waals surface area contributed by atoms with Gasteiger partial charge in [-0.3, -0.25) is 18.9 Å². The summed E-state index contributed by atoms with van der Waals surface area (Å²) in [5, 5.41) is -4.69. The molecule has 48 heteroatoms. The molecule has 2 unspecified atom stereocenters. The van der Waals surface area contributed by atoms with E-state index in [9.17, 15) is 194 Å². The highest BCUT2D eigenvalue weighted by atomic mass is 32.2. The van der Waals surface area contributed by atoms with Crippen LogP contribution < -0.4 is 0 Å². The van der Waals surface area contributed by atoms with Gasteiger partial charge in [-0.05, 0) is 0 Å². The van der Waals surface area contributed by atoms with Gasteiger partial charge in [0.05, 0.1) is 51.4 Å². The van der Waals surface area contributed by atoms with Gasteiger partial charge in [0.1, 0.15) is 0 Å². The van der Waals surface area contributed by atoms with Crippen LogP contribution in [-0.2, 0) is 38.7 Å². The zero-order valence-corrected chi connectivity index (χ0v) is 36.9. The monoisotopic (exact) mass is 1290 g/mol. The zero-order valence-electron chi connectivity index (χ0n) is 36.1. The first-order valence-corrected chi connectivity index (χ1v) is 20.0. The molecule has 0 aliphatic carbocycles. The molecule has 0 aliphatic rings. The van der Waals surface area contributed by atoms with Crippen LogP contribution in [0.25, 0.3) is 0 Å². The maximum Gasteiger partial charge on any atom is 0.460 e. The van der Waals surface area contributed by atoms with Crippen LogP contribution in [0.15, 0.2) is 0 Å². The Bertz CT molecular complexity index is 2280. The minimum atomic E-state index is -8.66. The molecule has 470 valence electrons. The van der Waals surface area contributed by atoms with Gasteiger partial charge < -0.3 is 14.2 Å². The van der Waals surface area contributed by atoms with Gasteiger partial charge in [0, 0.05) is 6.92 Å². The molecule has 0 aromatic heterocycles. The molecule has 0 aromatic rings. The fourth-order valence-corrected chi connectivity index (χ4v) is 6.00. The van der Waals surface area contributed by atoms with Crippen molar-refractivity contribution >= 4 is 28.0 Å². The summed E-state index contributed by atoms with van der Waals surface area (Å²) < 4.78 is 558. The van der Waals surface area contributed by atoms with E-state index in [-0.39, 0.29) is 0 Å². The van der Waals surface area contributed by atoms with Crippen LogP contribution in [0.5, 0.6) is 0 Å². The lowest BCUT2D eigenvalue weighted by atomic mass is 9.91. The lowest BCUT2D eigenvalue weighted by Gasteiger charge is -2.40. The minimum Gasteiger partial charge on any atom is -0.465 e. The van der Waals surface area contributed by atoms with E-state index >= 15 is 0 Å². The second-order valence-corrected chi connectivity index (χ2v) is 17.0. The first-order chi connectivity index (χ1) is 33.9. The molecule has 0 fully saturated rings. The number of ether oxygens (including phenoxy) is 3. The van der Waals surface area contributed by atoms with E-state index in [1.807, 2.05) is 0 Å². The third-order valence-corrected chi connectivity index (χ3v) is 11.0. The topological polar surface area (TPSA) is 133 Å². The van der Waals surface area contributed by atoms with Gasteiger partial charge in [0.25, 0.3) is 10.1 Å². The Morgan fingerprint density at radius 2 is 0.582 bits per heavy atom. The van der Waals surface area contributed by atoms with Crippen molar-refractivity contribution in [3.63, 3.8) is 0 Å². The van der Waals surface area contributed by atoms with Crippen LogP contribution >= 0.6 is 0 Å². The number of carbonyl (C=O) groups is 3. The molecule has 0 amide bonds. The molecule has 0 saturated heterocycles. The Hall–Kier alpha value is -4.34. The van der Waals surface area contributed by atoms with Gasteiger partial charge >= 0.3 is 125 Å². The molecule has 9 nitrogen and oxygen atoms in total. The summed E-state index contributed by atoms with van der Waals surface area (Å²) in [6, 6.07) is 0. The smallest absolute Gasteiger partial charge is 0.460 e. The van der Waals surface area contributed by atoms with Crippen LogP contribution in [0, 0.1) is 5.92 Å². The van der Waals surface area contributed by atoms with Gasteiger partial charge in [0.2, 0.25) is 0 Å². The number of rotatable bonds is 28. The summed E-state index contributed by atoms with van der Waals surface area (Å²) >= 11 is 0. The van der Waals surface area contributed by atoms with Gasteiger partial charge in [-0.15, -0.1) is 0 Å². The summed E-state index contributed by atoms with van der Waals surface area (Å²) in [5.41, 5.74) is 0. The SMILES string of the molecule is CC(F)(F)C(F)(F)C(F)(F)C(F)(F)C(F)(F)C(F)(F)CCOC(=O)C(C(CC(=O)OCCC(F)(F)C(F)(F)C(F)(F)C(F)(F)C(F)(F)C(F)(F)F)C(=O)OCCC(F)(F)C(F)(F)C(F)(F)C(F)(F)C(F)(F)C(F)(F)F)S(=O)(=O)O. The average molecular weight is 1290 g/mol. The highest BCUT2D eigenvalue weighted by Crippen LogP contribution is 2.64. The Balaban J connectivity index is 7.39. The Kier molecular flexibility index (Phi) is 20.3. The fourth-order valence-electron chi connectivity index (χ4n) is 5.06. The lowest BCUT2D eigenvalue weighted by molar-refractivity contribution is -0.440. The molecule has 0 heterocycles. The number of hydrogen-bond acceptors (Lipinski definition) is 8. The molecule has 0 rings (SSSR count). The van der Waals surface area contributed by atoms with Crippen molar-refractivity contribution in [2.45, 2.75) is 145 Å². The minimum absolute atomic E-state index is 1.38. The third-order valence-electron chi connectivity index (χ3n) is 9.80. The van der Waals surface area contributed by atoms with Crippen LogP contribution in [0.1, 0.15) is 32.6 Å². The Morgan fingerprint density at radius 3 is 0.823 bits per heavy atom. The second-order valence-electron chi connectivity index (χ2n) is 15.4. The molecule has 0 aliphatic heterocycles. The highest BCUT2D eigenvalue weighted by Gasteiger charge is 2.93. The van der Waals surface area contributed by atoms with E-state index in [4.69, 9.17) is 0 Å². The molecule has 0 bridgehead atoms. The van der Waals surface area contributed by atoms with Gasteiger partial charge in [-0.1, -0.05) is 0 Å². The quantitative estimate of drug-likeness (QED) is 0.0352. The lowest BCUT2D eigenvalue weighted by Crippen LogP contribution is -2.70. The zero-order chi connectivity index (χ0) is 64.5. The van der Waals surface area contributed by atoms with Gasteiger partial charge in [0.15, 0.2) is 5.25 Å². The average Bonchev–Trinajstić information content (AvgIpc) is 3.20. The molecule has 0 radical (unpaired) electrons. The molecule has 0 spiro atoms. The van der Waals surface area contributed by atoms with Gasteiger partial charge in [-0.2, -0.15) is 175 Å². The predicted molar refractivity (Wildman–Crippen MR) is 167 cm³/mol. The number of alkyl halides is 38. The number of carbonyl (C=O) groups excluding carboxylic acids is 3. The van der Waals surface area contributed by atoms with Crippen molar-refractivity contribution in [3.8, 4) is 0 Å². The van der Waals surface area contributed by atoms with E-state index in [2.05, 4.69) is 14.2 Å². The molecule has 79 heavy (non-hydrogen) atoms. The summed E-state index contributed by atoms with van der Waals surface area (Å²) in [6.07, 6.45) is -30.2. The van der Waals surface area contributed by atoms with Crippen LogP contribution in [-0.4, -0.2) is 163 Å². The van der Waals surface area contributed by atoms with Crippen molar-refractivity contribution in [1.29, 1.82) is 0 Å². The first kappa shape index (κ1) is 74.7. The maximum absolute atomic E-state index is 14.3. The predicted octanol–water partition coefficient (Wildman–Crippen LogP) is 12.4. The summed E-state index contributed by atoms with van der Waals surface area (Å²) in [5.74, 6) is -143. The molecule has 1 N–H and O–H groups in total. The first-order valence-electron chi connectivity index (χ1n) is 18.5. The van der Waals surface area contributed by atoms with E-state index in [0.717, 1.165) is 0 Å². The van der Waals surface area contributed by atoms with E-state index in [1.165, 1.54) is 0 Å². The van der Waals surface area contributed by atoms with Crippen LogP contribution in [0.2, 0.25) is 0 Å². The number of esters is 3. The number of hydrogen-bond donors (Lipinski definition) is 1. The molecule has 0 saturated carbocycles. The number of halogens is 38. The van der Waals surface area contributed by atoms with Crippen LogP contribution in [0.4, 0.5) is 167 Å². The summed E-state index contributed by atoms with van der Waals surface area (Å²) in [4.78, 5) is 37.6. The largest absolute Gasteiger partial charge is 0.465 e. The third kappa shape index (κ3) is 12.5. The van der Waals surface area contributed by atoms with Crippen molar-refractivity contribution in [1.82, 2.24) is 0 Å². The summed E-state index contributed by atoms with van der Waals surface area (Å²) in [7, 11) is -7.20. The molecular weight excluding hydrogens is 1270 g/mol. The summed E-state index contributed by atoms with van der Waals surface area (Å²) in [6.45, 7) is -10.8. The highest BCUT2D eigenvalue weighted by molar-refractivity contribution is 7.87. The van der Waals surface area contributed by atoms with Crippen molar-refractivity contribution in [3.05, 3.63) is 0 Å². The van der Waals surface area contributed by atoms with E-state index < -0.39 is 199 Å². The Labute approximate surface area is 407 Å². The Morgan fingerprint density at radius 1 is 0.354 bits per heavy atom. The normalized spacial score (nSPS) is 16.6.